The van der Waals surface area contributed by atoms with E-state index < -0.39 is 29.6 Å². The van der Waals surface area contributed by atoms with Crippen molar-refractivity contribution in [3.63, 3.8) is 0 Å². The van der Waals surface area contributed by atoms with Crippen LogP contribution >= 0.6 is 0 Å². The van der Waals surface area contributed by atoms with Crippen molar-refractivity contribution in [2.75, 3.05) is 12.4 Å². The van der Waals surface area contributed by atoms with E-state index in [-0.39, 0.29) is 19.0 Å². The summed E-state index contributed by atoms with van der Waals surface area (Å²) in [6.07, 6.45) is 0. The number of carboxylic acids is 1. The SMILES string of the molecule is C[C@@](COCc1ccccc1)(NS(=O)(=O)CC[Si](C)(C)C)C(=O)O. The molecule has 0 saturated heterocycles. The van der Waals surface area contributed by atoms with Crippen molar-refractivity contribution < 1.29 is 23.1 Å². The Hall–Kier alpha value is -1.22. The summed E-state index contributed by atoms with van der Waals surface area (Å²) >= 11 is 0. The van der Waals surface area contributed by atoms with Gasteiger partial charge < -0.3 is 9.84 Å². The van der Waals surface area contributed by atoms with Gasteiger partial charge in [-0.1, -0.05) is 50.0 Å². The first-order valence-electron chi connectivity index (χ1n) is 7.80. The van der Waals surface area contributed by atoms with E-state index in [4.69, 9.17) is 4.74 Å². The topological polar surface area (TPSA) is 92.7 Å². The highest BCUT2D eigenvalue weighted by Gasteiger charge is 2.38. The second kappa shape index (κ2) is 8.24. The quantitative estimate of drug-likeness (QED) is 0.614. The van der Waals surface area contributed by atoms with Crippen molar-refractivity contribution in [2.45, 2.75) is 44.8 Å². The van der Waals surface area contributed by atoms with Crippen LogP contribution < -0.4 is 4.72 Å². The summed E-state index contributed by atoms with van der Waals surface area (Å²) in [6, 6.07) is 9.87. The van der Waals surface area contributed by atoms with Gasteiger partial charge in [0.25, 0.3) is 0 Å². The number of benzene rings is 1. The molecular formula is C16H27NO5SSi. The molecular weight excluding hydrogens is 346 g/mol. The Morgan fingerprint density at radius 2 is 1.83 bits per heavy atom. The fourth-order valence-corrected chi connectivity index (χ4v) is 6.38. The van der Waals surface area contributed by atoms with E-state index in [9.17, 15) is 18.3 Å². The maximum Gasteiger partial charge on any atom is 0.326 e. The standard InChI is InChI=1S/C16H27NO5SSi/c1-16(15(18)19,13-22-12-14-8-6-5-7-9-14)17-23(20,21)10-11-24(2,3)4/h5-9,17H,10-13H2,1-4H3,(H,18,19)/t16-/m0/s1. The Labute approximate surface area is 145 Å². The van der Waals surface area contributed by atoms with E-state index in [2.05, 4.69) is 24.4 Å². The van der Waals surface area contributed by atoms with Gasteiger partial charge in [-0.05, 0) is 18.5 Å². The van der Waals surface area contributed by atoms with Gasteiger partial charge in [-0.3, -0.25) is 4.79 Å². The molecule has 0 spiro atoms. The van der Waals surface area contributed by atoms with Crippen LogP contribution in [0.1, 0.15) is 12.5 Å². The average Bonchev–Trinajstić information content (AvgIpc) is 2.45. The van der Waals surface area contributed by atoms with Gasteiger partial charge in [0.15, 0.2) is 0 Å². The molecule has 6 nitrogen and oxygen atoms in total. The molecule has 8 heteroatoms. The maximum absolute atomic E-state index is 12.2. The predicted octanol–water partition coefficient (Wildman–Crippen LogP) is 2.30. The molecule has 0 heterocycles. The molecule has 0 aliphatic carbocycles. The van der Waals surface area contributed by atoms with E-state index in [0.717, 1.165) is 5.56 Å². The second-order valence-electron chi connectivity index (χ2n) is 7.35. The minimum Gasteiger partial charge on any atom is -0.480 e. The minimum atomic E-state index is -3.69. The lowest BCUT2D eigenvalue weighted by molar-refractivity contribution is -0.146. The number of hydrogen-bond donors (Lipinski definition) is 2. The first kappa shape index (κ1) is 20.8. The molecule has 1 rings (SSSR count). The average molecular weight is 374 g/mol. The first-order valence-corrected chi connectivity index (χ1v) is 13.2. The van der Waals surface area contributed by atoms with Crippen molar-refractivity contribution in [3.05, 3.63) is 35.9 Å². The van der Waals surface area contributed by atoms with Crippen LogP contribution in [0.5, 0.6) is 0 Å². The van der Waals surface area contributed by atoms with Crippen molar-refractivity contribution in [3.8, 4) is 0 Å². The predicted molar refractivity (Wildman–Crippen MR) is 97.2 cm³/mol. The molecule has 0 aromatic heterocycles. The van der Waals surface area contributed by atoms with Crippen LogP contribution in [-0.2, 0) is 26.2 Å². The normalized spacial score (nSPS) is 15.0. The zero-order valence-electron chi connectivity index (χ0n) is 14.7. The number of carboxylic acid groups (broad SMARTS) is 1. The van der Waals surface area contributed by atoms with Crippen LogP contribution in [0.3, 0.4) is 0 Å². The highest BCUT2D eigenvalue weighted by Crippen LogP contribution is 2.13. The number of ether oxygens (including phenoxy) is 1. The first-order chi connectivity index (χ1) is 10.9. The third-order valence-corrected chi connectivity index (χ3v) is 7.09. The van der Waals surface area contributed by atoms with Crippen LogP contribution in [0, 0.1) is 0 Å². The summed E-state index contributed by atoms with van der Waals surface area (Å²) in [6.45, 7) is 7.52. The highest BCUT2D eigenvalue weighted by atomic mass is 32.2. The van der Waals surface area contributed by atoms with Gasteiger partial charge in [0.1, 0.15) is 5.54 Å². The Morgan fingerprint density at radius 1 is 1.25 bits per heavy atom. The Kier molecular flexibility index (Phi) is 7.15. The number of carbonyl (C=O) groups is 1. The molecule has 0 bridgehead atoms. The number of aliphatic carboxylic acids is 1. The van der Waals surface area contributed by atoms with Crippen LogP contribution in [0.2, 0.25) is 25.7 Å². The molecule has 0 aliphatic heterocycles. The number of hydrogen-bond acceptors (Lipinski definition) is 4. The van der Waals surface area contributed by atoms with Gasteiger partial charge in [0.05, 0.1) is 19.0 Å². The molecule has 1 aromatic rings. The molecule has 0 radical (unpaired) electrons. The molecule has 0 aliphatic rings. The zero-order chi connectivity index (χ0) is 18.4. The minimum absolute atomic E-state index is 0.0652. The number of rotatable bonds is 10. The fraction of sp³-hybridized carbons (Fsp3) is 0.562. The van der Waals surface area contributed by atoms with Gasteiger partial charge in [-0.2, -0.15) is 4.72 Å². The van der Waals surface area contributed by atoms with Gasteiger partial charge >= 0.3 is 5.97 Å². The summed E-state index contributed by atoms with van der Waals surface area (Å²) in [5.41, 5.74) is -0.792. The van der Waals surface area contributed by atoms with E-state index in [1.54, 1.807) is 0 Å². The third kappa shape index (κ3) is 7.56. The van der Waals surface area contributed by atoms with Gasteiger partial charge in [-0.15, -0.1) is 0 Å². The summed E-state index contributed by atoms with van der Waals surface area (Å²) < 4.78 is 32.2. The Bertz CT molecular complexity index is 642. The summed E-state index contributed by atoms with van der Waals surface area (Å²) in [4.78, 5) is 11.5. The Balaban J connectivity index is 2.68. The smallest absolute Gasteiger partial charge is 0.326 e. The lowest BCUT2D eigenvalue weighted by Gasteiger charge is -2.26. The molecule has 0 amide bonds. The largest absolute Gasteiger partial charge is 0.480 e. The summed E-state index contributed by atoms with van der Waals surface area (Å²) in [5, 5.41) is 9.42. The van der Waals surface area contributed by atoms with Crippen LogP contribution in [0.15, 0.2) is 30.3 Å². The van der Waals surface area contributed by atoms with Crippen molar-refractivity contribution in [2.24, 2.45) is 0 Å². The zero-order valence-corrected chi connectivity index (χ0v) is 16.5. The van der Waals surface area contributed by atoms with Crippen LogP contribution in [0.4, 0.5) is 0 Å². The van der Waals surface area contributed by atoms with E-state index in [1.807, 2.05) is 30.3 Å². The molecule has 0 fully saturated rings. The van der Waals surface area contributed by atoms with Crippen molar-refractivity contribution in [1.29, 1.82) is 0 Å². The maximum atomic E-state index is 12.2. The lowest BCUT2D eigenvalue weighted by atomic mass is 10.1. The Morgan fingerprint density at radius 3 is 2.33 bits per heavy atom. The van der Waals surface area contributed by atoms with Gasteiger partial charge in [0, 0.05) is 8.07 Å². The monoisotopic (exact) mass is 373 g/mol. The van der Waals surface area contributed by atoms with Crippen LogP contribution in [0.25, 0.3) is 0 Å². The molecule has 136 valence electrons. The summed E-state index contributed by atoms with van der Waals surface area (Å²) in [7, 11) is -5.23. The van der Waals surface area contributed by atoms with E-state index in [1.165, 1.54) is 6.92 Å². The van der Waals surface area contributed by atoms with Gasteiger partial charge in [0.2, 0.25) is 10.0 Å². The lowest BCUT2D eigenvalue weighted by Crippen LogP contribution is -2.56. The molecule has 1 aromatic carbocycles. The number of sulfonamides is 1. The van der Waals surface area contributed by atoms with Gasteiger partial charge in [-0.25, -0.2) is 8.42 Å². The molecule has 1 atom stereocenters. The molecule has 0 saturated carbocycles. The number of nitrogens with one attached hydrogen (secondary N) is 1. The second-order valence-corrected chi connectivity index (χ2v) is 14.8. The highest BCUT2D eigenvalue weighted by molar-refractivity contribution is 7.89. The van der Waals surface area contributed by atoms with Crippen molar-refractivity contribution in [1.82, 2.24) is 4.72 Å². The third-order valence-electron chi connectivity index (χ3n) is 3.48. The molecule has 2 N–H and O–H groups in total. The van der Waals surface area contributed by atoms with E-state index >= 15 is 0 Å². The van der Waals surface area contributed by atoms with Crippen molar-refractivity contribution >= 4 is 24.1 Å². The molecule has 0 unspecified atom stereocenters. The fourth-order valence-electron chi connectivity index (χ4n) is 1.92. The van der Waals surface area contributed by atoms with Crippen LogP contribution in [-0.4, -0.2) is 45.5 Å². The summed E-state index contributed by atoms with van der Waals surface area (Å²) in [5.74, 6) is -1.32. The van der Waals surface area contributed by atoms with E-state index in [0.29, 0.717) is 6.04 Å². The molecule has 24 heavy (non-hydrogen) atoms.